The predicted molar refractivity (Wildman–Crippen MR) is 98.0 cm³/mol. The number of nitrogens with one attached hydrogen (secondary N) is 2. The third-order valence-corrected chi connectivity index (χ3v) is 5.05. The lowest BCUT2D eigenvalue weighted by atomic mass is 10.1. The molecule has 6 nitrogen and oxygen atoms in total. The SMILES string of the molecule is O=C(Cc1ccccc1)Nc1cccc(S(=O)(=O)NCc2ccco2)c1. The van der Waals surface area contributed by atoms with Gasteiger partial charge in [-0.25, -0.2) is 13.1 Å². The van der Waals surface area contributed by atoms with E-state index in [0.29, 0.717) is 11.4 Å². The van der Waals surface area contributed by atoms with Crippen molar-refractivity contribution in [1.29, 1.82) is 0 Å². The topological polar surface area (TPSA) is 88.4 Å². The minimum absolute atomic E-state index is 0.0555. The molecule has 0 saturated heterocycles. The van der Waals surface area contributed by atoms with E-state index in [1.807, 2.05) is 30.3 Å². The maximum absolute atomic E-state index is 12.4. The Morgan fingerprint density at radius 3 is 2.50 bits per heavy atom. The average Bonchev–Trinajstić information content (AvgIpc) is 3.15. The lowest BCUT2D eigenvalue weighted by Crippen LogP contribution is -2.23. The fraction of sp³-hybridized carbons (Fsp3) is 0.105. The van der Waals surface area contributed by atoms with Gasteiger partial charge in [0.1, 0.15) is 5.76 Å². The minimum atomic E-state index is -3.71. The van der Waals surface area contributed by atoms with Gasteiger partial charge in [0.2, 0.25) is 15.9 Å². The maximum Gasteiger partial charge on any atom is 0.241 e. The summed E-state index contributed by atoms with van der Waals surface area (Å²) in [5.74, 6) is 0.301. The van der Waals surface area contributed by atoms with E-state index < -0.39 is 10.0 Å². The van der Waals surface area contributed by atoms with Crippen molar-refractivity contribution < 1.29 is 17.6 Å². The Morgan fingerprint density at radius 1 is 0.962 bits per heavy atom. The molecule has 0 fully saturated rings. The number of hydrogen-bond acceptors (Lipinski definition) is 4. The first-order valence-electron chi connectivity index (χ1n) is 7.99. The normalized spacial score (nSPS) is 11.2. The highest BCUT2D eigenvalue weighted by molar-refractivity contribution is 7.89. The molecule has 1 amide bonds. The molecule has 0 radical (unpaired) electrons. The van der Waals surface area contributed by atoms with Gasteiger partial charge in [0, 0.05) is 5.69 Å². The molecule has 7 heteroatoms. The Balaban J connectivity index is 1.66. The van der Waals surface area contributed by atoms with Crippen LogP contribution in [0.4, 0.5) is 5.69 Å². The Morgan fingerprint density at radius 2 is 1.77 bits per heavy atom. The van der Waals surface area contributed by atoms with E-state index in [1.54, 1.807) is 24.3 Å². The molecule has 26 heavy (non-hydrogen) atoms. The van der Waals surface area contributed by atoms with Crippen LogP contribution in [0.1, 0.15) is 11.3 Å². The molecule has 0 bridgehead atoms. The second-order valence-corrected chi connectivity index (χ2v) is 7.41. The number of rotatable bonds is 7. The highest BCUT2D eigenvalue weighted by atomic mass is 32.2. The second-order valence-electron chi connectivity index (χ2n) is 5.64. The van der Waals surface area contributed by atoms with Crippen LogP contribution in [0.2, 0.25) is 0 Å². The van der Waals surface area contributed by atoms with Crippen molar-refractivity contribution in [3.63, 3.8) is 0 Å². The second kappa shape index (κ2) is 7.99. The van der Waals surface area contributed by atoms with Crippen molar-refractivity contribution in [3.05, 3.63) is 84.3 Å². The zero-order chi connectivity index (χ0) is 18.4. The molecule has 3 aromatic rings. The molecule has 0 aliphatic rings. The molecule has 0 unspecified atom stereocenters. The van der Waals surface area contributed by atoms with E-state index in [-0.39, 0.29) is 23.8 Å². The molecule has 2 N–H and O–H groups in total. The Hall–Kier alpha value is -2.90. The van der Waals surface area contributed by atoms with Gasteiger partial charge in [-0.2, -0.15) is 0 Å². The zero-order valence-electron chi connectivity index (χ0n) is 13.9. The van der Waals surface area contributed by atoms with Crippen molar-refractivity contribution >= 4 is 21.6 Å². The molecule has 0 aliphatic carbocycles. The number of amides is 1. The van der Waals surface area contributed by atoms with Crippen molar-refractivity contribution in [2.75, 3.05) is 5.32 Å². The third kappa shape index (κ3) is 4.81. The number of sulfonamides is 1. The van der Waals surface area contributed by atoms with Gasteiger partial charge < -0.3 is 9.73 Å². The molecule has 1 heterocycles. The Kier molecular flexibility index (Phi) is 5.50. The number of hydrogen-bond donors (Lipinski definition) is 2. The van der Waals surface area contributed by atoms with Gasteiger partial charge in [0.25, 0.3) is 0 Å². The summed E-state index contributed by atoms with van der Waals surface area (Å²) in [6.45, 7) is 0.0555. The highest BCUT2D eigenvalue weighted by Gasteiger charge is 2.15. The molecule has 0 aliphatic heterocycles. The van der Waals surface area contributed by atoms with E-state index >= 15 is 0 Å². The van der Waals surface area contributed by atoms with E-state index in [0.717, 1.165) is 5.56 Å². The first kappa shape index (κ1) is 17.9. The van der Waals surface area contributed by atoms with E-state index in [9.17, 15) is 13.2 Å². The van der Waals surface area contributed by atoms with Gasteiger partial charge in [-0.1, -0.05) is 36.4 Å². The van der Waals surface area contributed by atoms with Crippen molar-refractivity contribution in [2.24, 2.45) is 0 Å². The zero-order valence-corrected chi connectivity index (χ0v) is 14.7. The molecule has 3 rings (SSSR count). The van der Waals surface area contributed by atoms with E-state index in [4.69, 9.17) is 4.42 Å². The summed E-state index contributed by atoms with van der Waals surface area (Å²) in [7, 11) is -3.71. The van der Waals surface area contributed by atoms with E-state index in [2.05, 4.69) is 10.0 Å². The fourth-order valence-corrected chi connectivity index (χ4v) is 3.43. The van der Waals surface area contributed by atoms with Gasteiger partial charge in [-0.15, -0.1) is 0 Å². The summed E-state index contributed by atoms with van der Waals surface area (Å²) >= 11 is 0. The molecule has 2 aromatic carbocycles. The molecular formula is C19H18N2O4S. The van der Waals surface area contributed by atoms with Crippen molar-refractivity contribution in [1.82, 2.24) is 4.72 Å². The van der Waals surface area contributed by atoms with E-state index in [1.165, 1.54) is 18.4 Å². The first-order chi connectivity index (χ1) is 12.5. The minimum Gasteiger partial charge on any atom is -0.468 e. The smallest absolute Gasteiger partial charge is 0.241 e. The number of carbonyl (C=O) groups is 1. The summed E-state index contributed by atoms with van der Waals surface area (Å²) in [5.41, 5.74) is 1.31. The summed E-state index contributed by atoms with van der Waals surface area (Å²) in [6.07, 6.45) is 1.70. The van der Waals surface area contributed by atoms with Gasteiger partial charge in [0.15, 0.2) is 0 Å². The van der Waals surface area contributed by atoms with Gasteiger partial charge in [0.05, 0.1) is 24.1 Å². The van der Waals surface area contributed by atoms with Crippen LogP contribution in [0.5, 0.6) is 0 Å². The summed E-state index contributed by atoms with van der Waals surface area (Å²) in [5, 5.41) is 2.72. The highest BCUT2D eigenvalue weighted by Crippen LogP contribution is 2.16. The van der Waals surface area contributed by atoms with Crippen LogP contribution in [-0.2, 0) is 27.8 Å². The van der Waals surface area contributed by atoms with Gasteiger partial charge >= 0.3 is 0 Å². The van der Waals surface area contributed by atoms with Crippen LogP contribution in [-0.4, -0.2) is 14.3 Å². The maximum atomic E-state index is 12.4. The van der Waals surface area contributed by atoms with Crippen LogP contribution < -0.4 is 10.0 Å². The predicted octanol–water partition coefficient (Wildman–Crippen LogP) is 2.94. The summed E-state index contributed by atoms with van der Waals surface area (Å²) < 4.78 is 32.4. The van der Waals surface area contributed by atoms with Crippen LogP contribution in [0.25, 0.3) is 0 Å². The Bertz CT molecular complexity index is 968. The molecule has 0 atom stereocenters. The monoisotopic (exact) mass is 370 g/mol. The summed E-state index contributed by atoms with van der Waals surface area (Å²) in [4.78, 5) is 12.2. The van der Waals surface area contributed by atoms with Gasteiger partial charge in [-0.05, 0) is 35.9 Å². The largest absolute Gasteiger partial charge is 0.468 e. The molecule has 0 saturated carbocycles. The van der Waals surface area contributed by atoms with Gasteiger partial charge in [-0.3, -0.25) is 4.79 Å². The third-order valence-electron chi connectivity index (χ3n) is 3.65. The number of anilines is 1. The molecule has 1 aromatic heterocycles. The van der Waals surface area contributed by atoms with Crippen LogP contribution >= 0.6 is 0 Å². The fourth-order valence-electron chi connectivity index (χ4n) is 2.39. The summed E-state index contributed by atoms with van der Waals surface area (Å²) in [6, 6.07) is 18.8. The standard InChI is InChI=1S/C19H18N2O4S/c22-19(12-15-6-2-1-3-7-15)21-16-8-4-10-18(13-16)26(23,24)20-14-17-9-5-11-25-17/h1-11,13,20H,12,14H2,(H,21,22). The van der Waals surface area contributed by atoms with Crippen LogP contribution in [0.15, 0.2) is 82.3 Å². The van der Waals surface area contributed by atoms with Crippen LogP contribution in [0, 0.1) is 0 Å². The Labute approximate surface area is 151 Å². The molecule has 0 spiro atoms. The quantitative estimate of drug-likeness (QED) is 0.669. The molecule has 134 valence electrons. The first-order valence-corrected chi connectivity index (χ1v) is 9.47. The van der Waals surface area contributed by atoms with Crippen molar-refractivity contribution in [3.8, 4) is 0 Å². The number of furan rings is 1. The number of benzene rings is 2. The number of carbonyl (C=O) groups excluding carboxylic acids is 1. The lowest BCUT2D eigenvalue weighted by Gasteiger charge is -2.09. The van der Waals surface area contributed by atoms with Crippen LogP contribution in [0.3, 0.4) is 0 Å². The van der Waals surface area contributed by atoms with Crippen molar-refractivity contribution in [2.45, 2.75) is 17.9 Å². The lowest BCUT2D eigenvalue weighted by molar-refractivity contribution is -0.115. The average molecular weight is 370 g/mol. The molecular weight excluding hydrogens is 352 g/mol.